The highest BCUT2D eigenvalue weighted by Gasteiger charge is 2.00. The van der Waals surface area contributed by atoms with E-state index >= 15 is 0 Å². The van der Waals surface area contributed by atoms with E-state index in [4.69, 9.17) is 5.41 Å². The molecule has 2 heteroatoms. The van der Waals surface area contributed by atoms with Gasteiger partial charge in [0.2, 0.25) is 0 Å². The Labute approximate surface area is 65.4 Å². The summed E-state index contributed by atoms with van der Waals surface area (Å²) in [5.41, 5.74) is 1.72. The zero-order valence-corrected chi connectivity index (χ0v) is 6.29. The topological polar surface area (TPSA) is 40.9 Å². The fourth-order valence-corrected chi connectivity index (χ4v) is 0.939. The van der Waals surface area contributed by atoms with Gasteiger partial charge in [0.05, 0.1) is 0 Å². The molecule has 1 aromatic rings. The smallest absolute Gasteiger partial charge is 0.168 e. The van der Waals surface area contributed by atoms with Gasteiger partial charge in [-0.1, -0.05) is 24.3 Å². The van der Waals surface area contributed by atoms with Crippen LogP contribution < -0.4 is 0 Å². The SMILES string of the molecule is Cc1ccccc1C(=N)C=O. The molecule has 0 saturated heterocycles. The maximum atomic E-state index is 10.2. The third-order valence-electron chi connectivity index (χ3n) is 1.55. The number of aryl methyl sites for hydroxylation is 1. The zero-order chi connectivity index (χ0) is 8.27. The predicted molar refractivity (Wildman–Crippen MR) is 44.1 cm³/mol. The van der Waals surface area contributed by atoms with E-state index in [1.165, 1.54) is 0 Å². The van der Waals surface area contributed by atoms with Crippen molar-refractivity contribution in [3.05, 3.63) is 35.4 Å². The summed E-state index contributed by atoms with van der Waals surface area (Å²) in [6.45, 7) is 1.88. The number of rotatable bonds is 2. The Morgan fingerprint density at radius 1 is 1.45 bits per heavy atom. The van der Waals surface area contributed by atoms with Crippen molar-refractivity contribution in [3.63, 3.8) is 0 Å². The largest absolute Gasteiger partial charge is 0.297 e. The average molecular weight is 147 g/mol. The summed E-state index contributed by atoms with van der Waals surface area (Å²) < 4.78 is 0. The third-order valence-corrected chi connectivity index (χ3v) is 1.55. The zero-order valence-electron chi connectivity index (χ0n) is 6.29. The number of aldehydes is 1. The molecule has 0 amide bonds. The second kappa shape index (κ2) is 3.10. The lowest BCUT2D eigenvalue weighted by molar-refractivity contribution is -0.102. The molecule has 1 rings (SSSR count). The first-order valence-corrected chi connectivity index (χ1v) is 3.35. The lowest BCUT2D eigenvalue weighted by Crippen LogP contribution is -2.01. The maximum absolute atomic E-state index is 10.2. The molecular formula is C9H9NO. The van der Waals surface area contributed by atoms with Gasteiger partial charge in [-0.25, -0.2) is 0 Å². The second-order valence-electron chi connectivity index (χ2n) is 2.35. The first kappa shape index (κ1) is 7.66. The summed E-state index contributed by atoms with van der Waals surface area (Å²) >= 11 is 0. The van der Waals surface area contributed by atoms with Crippen LogP contribution in [0.25, 0.3) is 0 Å². The molecule has 0 fully saturated rings. The van der Waals surface area contributed by atoms with E-state index < -0.39 is 0 Å². The van der Waals surface area contributed by atoms with Gasteiger partial charge in [-0.15, -0.1) is 0 Å². The monoisotopic (exact) mass is 147 g/mol. The Bertz CT molecular complexity index is 291. The van der Waals surface area contributed by atoms with E-state index in [9.17, 15) is 4.79 Å². The Morgan fingerprint density at radius 3 is 2.64 bits per heavy atom. The Kier molecular flexibility index (Phi) is 2.16. The van der Waals surface area contributed by atoms with Crippen LogP contribution in [0.4, 0.5) is 0 Å². The van der Waals surface area contributed by atoms with Crippen LogP contribution in [0.5, 0.6) is 0 Å². The van der Waals surface area contributed by atoms with Gasteiger partial charge in [0.25, 0.3) is 0 Å². The van der Waals surface area contributed by atoms with Crippen LogP contribution in [0.2, 0.25) is 0 Å². The van der Waals surface area contributed by atoms with Crippen molar-refractivity contribution >= 4 is 12.0 Å². The molecule has 56 valence electrons. The fraction of sp³-hybridized carbons (Fsp3) is 0.111. The van der Waals surface area contributed by atoms with Crippen molar-refractivity contribution < 1.29 is 4.79 Å². The van der Waals surface area contributed by atoms with E-state index in [0.29, 0.717) is 11.8 Å². The third kappa shape index (κ3) is 1.52. The van der Waals surface area contributed by atoms with E-state index in [1.54, 1.807) is 6.07 Å². The quantitative estimate of drug-likeness (QED) is 0.500. The van der Waals surface area contributed by atoms with Gasteiger partial charge < -0.3 is 0 Å². The van der Waals surface area contributed by atoms with Gasteiger partial charge in [-0.3, -0.25) is 10.2 Å². The Morgan fingerprint density at radius 2 is 2.09 bits per heavy atom. The summed E-state index contributed by atoms with van der Waals surface area (Å²) in [5, 5.41) is 7.25. The van der Waals surface area contributed by atoms with Gasteiger partial charge in [0.1, 0.15) is 5.71 Å². The van der Waals surface area contributed by atoms with Gasteiger partial charge in [0.15, 0.2) is 6.29 Å². The molecule has 0 bridgehead atoms. The molecule has 0 atom stereocenters. The summed E-state index contributed by atoms with van der Waals surface area (Å²) in [6, 6.07) is 7.36. The lowest BCUT2D eigenvalue weighted by Gasteiger charge is -1.99. The molecular weight excluding hydrogens is 138 g/mol. The highest BCUT2D eigenvalue weighted by Crippen LogP contribution is 2.05. The summed E-state index contributed by atoms with van der Waals surface area (Å²) in [7, 11) is 0. The average Bonchev–Trinajstić information content (AvgIpc) is 2.04. The fourth-order valence-electron chi connectivity index (χ4n) is 0.939. The highest BCUT2D eigenvalue weighted by molar-refractivity contribution is 6.35. The van der Waals surface area contributed by atoms with Crippen LogP contribution in [-0.4, -0.2) is 12.0 Å². The molecule has 0 aliphatic carbocycles. The maximum Gasteiger partial charge on any atom is 0.168 e. The first-order valence-electron chi connectivity index (χ1n) is 3.35. The van der Waals surface area contributed by atoms with Gasteiger partial charge >= 0.3 is 0 Å². The van der Waals surface area contributed by atoms with Crippen molar-refractivity contribution in [1.82, 2.24) is 0 Å². The minimum Gasteiger partial charge on any atom is -0.297 e. The van der Waals surface area contributed by atoms with E-state index in [-0.39, 0.29) is 5.71 Å². The number of hydrogen-bond donors (Lipinski definition) is 1. The van der Waals surface area contributed by atoms with Crippen molar-refractivity contribution in [2.75, 3.05) is 0 Å². The van der Waals surface area contributed by atoms with Crippen LogP contribution in [0.15, 0.2) is 24.3 Å². The number of carbonyl (C=O) groups excluding carboxylic acids is 1. The van der Waals surface area contributed by atoms with Crippen molar-refractivity contribution in [1.29, 1.82) is 5.41 Å². The summed E-state index contributed by atoms with van der Waals surface area (Å²) in [6.07, 6.45) is 0.558. The number of nitrogens with one attached hydrogen (secondary N) is 1. The number of hydrogen-bond acceptors (Lipinski definition) is 2. The van der Waals surface area contributed by atoms with Crippen molar-refractivity contribution in [2.24, 2.45) is 0 Å². The van der Waals surface area contributed by atoms with Crippen LogP contribution in [0, 0.1) is 12.3 Å². The predicted octanol–water partition coefficient (Wildman–Crippen LogP) is 1.56. The van der Waals surface area contributed by atoms with E-state index in [2.05, 4.69) is 0 Å². The molecule has 0 saturated carbocycles. The molecule has 0 radical (unpaired) electrons. The summed E-state index contributed by atoms with van der Waals surface area (Å²) in [5.74, 6) is 0. The van der Waals surface area contributed by atoms with Gasteiger partial charge in [0, 0.05) is 5.56 Å². The van der Waals surface area contributed by atoms with Crippen LogP contribution >= 0.6 is 0 Å². The molecule has 0 unspecified atom stereocenters. The van der Waals surface area contributed by atoms with Crippen molar-refractivity contribution in [2.45, 2.75) is 6.92 Å². The first-order chi connectivity index (χ1) is 5.25. The molecule has 1 aromatic carbocycles. The molecule has 0 aliphatic rings. The number of benzene rings is 1. The molecule has 1 N–H and O–H groups in total. The molecule has 11 heavy (non-hydrogen) atoms. The minimum atomic E-state index is 0.0445. The molecule has 2 nitrogen and oxygen atoms in total. The lowest BCUT2D eigenvalue weighted by atomic mass is 10.1. The van der Waals surface area contributed by atoms with Crippen molar-refractivity contribution in [3.8, 4) is 0 Å². The summed E-state index contributed by atoms with van der Waals surface area (Å²) in [4.78, 5) is 10.2. The molecule has 0 spiro atoms. The second-order valence-corrected chi connectivity index (χ2v) is 2.35. The van der Waals surface area contributed by atoms with E-state index in [1.807, 2.05) is 25.1 Å². The molecule has 0 aromatic heterocycles. The van der Waals surface area contributed by atoms with Crippen LogP contribution in [0.3, 0.4) is 0 Å². The standard InChI is InChI=1S/C9H9NO/c1-7-4-2-3-5-8(7)9(10)6-11/h2-6,10H,1H3. The van der Waals surface area contributed by atoms with E-state index in [0.717, 1.165) is 5.56 Å². The normalized spacial score (nSPS) is 9.18. The number of carbonyl (C=O) groups is 1. The van der Waals surface area contributed by atoms with Crippen LogP contribution in [-0.2, 0) is 4.79 Å². The highest BCUT2D eigenvalue weighted by atomic mass is 16.1. The Balaban J connectivity index is 3.13. The molecule has 0 heterocycles. The van der Waals surface area contributed by atoms with Gasteiger partial charge in [-0.2, -0.15) is 0 Å². The Hall–Kier alpha value is -1.44. The van der Waals surface area contributed by atoms with Crippen LogP contribution in [0.1, 0.15) is 11.1 Å². The van der Waals surface area contributed by atoms with Gasteiger partial charge in [-0.05, 0) is 12.5 Å². The molecule has 0 aliphatic heterocycles. The minimum absolute atomic E-state index is 0.0445.